The molecule has 182 valence electrons. The van der Waals surface area contributed by atoms with E-state index < -0.39 is 5.82 Å². The summed E-state index contributed by atoms with van der Waals surface area (Å²) in [6, 6.07) is 7.16. The smallest absolute Gasteiger partial charge is 0.226 e. The number of fused-ring (bicyclic) bond motifs is 2. The minimum absolute atomic E-state index is 0.0807. The molecule has 0 aliphatic heterocycles. The van der Waals surface area contributed by atoms with Crippen LogP contribution in [0.3, 0.4) is 0 Å². The quantitative estimate of drug-likeness (QED) is 0.315. The summed E-state index contributed by atoms with van der Waals surface area (Å²) in [5, 5.41) is 10.2. The fourth-order valence-corrected chi connectivity index (χ4v) is 4.03. The van der Waals surface area contributed by atoms with Gasteiger partial charge < -0.3 is 10.3 Å². The van der Waals surface area contributed by atoms with Crippen molar-refractivity contribution in [3.63, 3.8) is 0 Å². The molecule has 0 spiro atoms. The predicted octanol–water partition coefficient (Wildman–Crippen LogP) is 4.75. The minimum atomic E-state index is -0.582. The number of hydrogen-bond acceptors (Lipinski definition) is 7. The highest BCUT2D eigenvalue weighted by Crippen LogP contribution is 2.34. The first-order chi connectivity index (χ1) is 18.0. The Balaban J connectivity index is 1.45. The van der Waals surface area contributed by atoms with Crippen molar-refractivity contribution in [2.24, 2.45) is 5.92 Å². The fourth-order valence-electron chi connectivity index (χ4n) is 4.03. The van der Waals surface area contributed by atoms with Crippen LogP contribution >= 0.6 is 0 Å². The lowest BCUT2D eigenvalue weighted by Gasteiger charge is -2.09. The molecular weight excluding hydrogens is 473 g/mol. The van der Waals surface area contributed by atoms with E-state index in [4.69, 9.17) is 4.98 Å². The molecule has 37 heavy (non-hydrogen) atoms. The van der Waals surface area contributed by atoms with Gasteiger partial charge in [0.1, 0.15) is 16.9 Å². The zero-order chi connectivity index (χ0) is 25.5. The van der Waals surface area contributed by atoms with Crippen LogP contribution in [0.4, 0.5) is 10.1 Å². The van der Waals surface area contributed by atoms with Crippen molar-refractivity contribution < 1.29 is 9.18 Å². The van der Waals surface area contributed by atoms with Gasteiger partial charge in [0.2, 0.25) is 5.91 Å². The van der Waals surface area contributed by atoms with E-state index in [2.05, 4.69) is 40.4 Å². The molecule has 6 heterocycles. The Kier molecular flexibility index (Phi) is 5.37. The van der Waals surface area contributed by atoms with Crippen molar-refractivity contribution in [1.29, 1.82) is 0 Å². The van der Waals surface area contributed by atoms with Crippen LogP contribution in [0.5, 0.6) is 0 Å². The van der Waals surface area contributed by atoms with Crippen molar-refractivity contribution in [3.8, 4) is 34.0 Å². The van der Waals surface area contributed by atoms with E-state index in [0.717, 1.165) is 11.1 Å². The van der Waals surface area contributed by atoms with Gasteiger partial charge in [-0.1, -0.05) is 13.8 Å². The van der Waals surface area contributed by atoms with Gasteiger partial charge in [0.05, 0.1) is 40.2 Å². The summed E-state index contributed by atoms with van der Waals surface area (Å²) < 4.78 is 16.0. The monoisotopic (exact) mass is 493 g/mol. The van der Waals surface area contributed by atoms with Crippen LogP contribution < -0.4 is 5.32 Å². The summed E-state index contributed by atoms with van der Waals surface area (Å²) in [6.45, 7) is 3.58. The second-order valence-electron chi connectivity index (χ2n) is 8.77. The third kappa shape index (κ3) is 3.96. The molecule has 6 aromatic heterocycles. The first-order valence-electron chi connectivity index (χ1n) is 11.5. The molecule has 0 atom stereocenters. The van der Waals surface area contributed by atoms with Gasteiger partial charge in [-0.25, -0.2) is 9.37 Å². The average Bonchev–Trinajstić information content (AvgIpc) is 3.54. The molecule has 3 N–H and O–H groups in total. The molecule has 0 saturated carbocycles. The second-order valence-corrected chi connectivity index (χ2v) is 8.77. The molecule has 0 radical (unpaired) electrons. The summed E-state index contributed by atoms with van der Waals surface area (Å²) in [7, 11) is 0. The maximum atomic E-state index is 16.0. The first-order valence-corrected chi connectivity index (χ1v) is 11.5. The van der Waals surface area contributed by atoms with Crippen molar-refractivity contribution in [2.75, 3.05) is 5.32 Å². The van der Waals surface area contributed by atoms with Crippen LogP contribution in [0.15, 0.2) is 61.4 Å². The molecule has 1 amide bonds. The highest BCUT2D eigenvalue weighted by atomic mass is 19.1. The molecule has 0 saturated heterocycles. The second kappa shape index (κ2) is 8.86. The Morgan fingerprint density at radius 1 is 0.946 bits per heavy atom. The highest BCUT2D eigenvalue weighted by molar-refractivity contribution is 5.97. The number of nitrogens with zero attached hydrogens (tertiary/aromatic N) is 6. The topological polar surface area (TPSA) is 138 Å². The van der Waals surface area contributed by atoms with Crippen molar-refractivity contribution in [3.05, 3.63) is 67.3 Å². The lowest BCUT2D eigenvalue weighted by atomic mass is 10.1. The number of nitrogens with one attached hydrogen (secondary N) is 3. The number of hydrogen-bond donors (Lipinski definition) is 3. The number of carbonyl (C=O) groups is 1. The largest absolute Gasteiger partial charge is 0.336 e. The zero-order valence-corrected chi connectivity index (χ0v) is 19.8. The third-order valence-corrected chi connectivity index (χ3v) is 5.91. The normalized spacial score (nSPS) is 11.5. The van der Waals surface area contributed by atoms with Crippen LogP contribution in [-0.2, 0) is 4.79 Å². The van der Waals surface area contributed by atoms with Gasteiger partial charge in [-0.3, -0.25) is 29.8 Å². The van der Waals surface area contributed by atoms with Crippen LogP contribution in [0, 0.1) is 11.7 Å². The maximum absolute atomic E-state index is 16.0. The molecule has 0 bridgehead atoms. The highest BCUT2D eigenvalue weighted by Gasteiger charge is 2.22. The van der Waals surface area contributed by atoms with Gasteiger partial charge in [-0.15, -0.1) is 0 Å². The minimum Gasteiger partial charge on any atom is -0.336 e. The van der Waals surface area contributed by atoms with Crippen LogP contribution in [0.2, 0.25) is 0 Å². The van der Waals surface area contributed by atoms with E-state index in [-0.39, 0.29) is 22.9 Å². The van der Waals surface area contributed by atoms with Gasteiger partial charge in [0, 0.05) is 41.8 Å². The molecule has 0 aliphatic carbocycles. The molecule has 0 aliphatic rings. The molecule has 6 rings (SSSR count). The molecule has 0 fully saturated rings. The van der Waals surface area contributed by atoms with Crippen LogP contribution in [-0.4, -0.2) is 46.0 Å². The van der Waals surface area contributed by atoms with Gasteiger partial charge >= 0.3 is 0 Å². The SMILES string of the molecule is CC(C)C(=O)Nc1cncc(-c2ncc3[nH]nc(-c4nc5c(-c6cccnc6)nccc5[nH]4)c3c2F)c1. The number of pyridine rings is 4. The molecular formula is C26H20FN9O. The molecule has 0 unspecified atom stereocenters. The van der Waals surface area contributed by atoms with Gasteiger partial charge in [-0.2, -0.15) is 5.10 Å². The first kappa shape index (κ1) is 22.4. The number of aromatic nitrogens is 8. The Bertz CT molecular complexity index is 1780. The van der Waals surface area contributed by atoms with Crippen LogP contribution in [0.25, 0.3) is 56.0 Å². The van der Waals surface area contributed by atoms with E-state index in [0.29, 0.717) is 39.5 Å². The van der Waals surface area contributed by atoms with Gasteiger partial charge in [-0.05, 0) is 24.3 Å². The van der Waals surface area contributed by atoms with E-state index in [1.165, 1.54) is 18.6 Å². The Morgan fingerprint density at radius 3 is 2.62 bits per heavy atom. The van der Waals surface area contributed by atoms with Crippen LogP contribution in [0.1, 0.15) is 13.8 Å². The standard InChI is InChI=1S/C26H20FN9O/c1-13(2)26(37)32-16-8-15(10-29-11-16)21-20(27)19-18(12-31-21)35-36-24(19)25-33-17-5-7-30-22(23(17)34-25)14-4-3-6-28-9-14/h3-13H,1-2H3,(H,32,37)(H,33,34)(H,35,36). The predicted molar refractivity (Wildman–Crippen MR) is 137 cm³/mol. The Labute approximate surface area is 209 Å². The lowest BCUT2D eigenvalue weighted by Crippen LogP contribution is -2.17. The third-order valence-electron chi connectivity index (χ3n) is 5.91. The van der Waals surface area contributed by atoms with E-state index in [1.54, 1.807) is 44.6 Å². The zero-order valence-electron chi connectivity index (χ0n) is 19.8. The summed E-state index contributed by atoms with van der Waals surface area (Å²) in [5.74, 6) is -0.570. The molecule has 10 nitrogen and oxygen atoms in total. The fraction of sp³-hybridized carbons (Fsp3) is 0.115. The number of halogens is 1. The molecule has 6 aromatic rings. The Hall–Kier alpha value is -5.06. The number of anilines is 1. The van der Waals surface area contributed by atoms with E-state index >= 15 is 4.39 Å². The average molecular weight is 494 g/mol. The summed E-state index contributed by atoms with van der Waals surface area (Å²) >= 11 is 0. The summed E-state index contributed by atoms with van der Waals surface area (Å²) in [5.41, 5.74) is 4.49. The summed E-state index contributed by atoms with van der Waals surface area (Å²) in [4.78, 5) is 37.1. The number of imidazole rings is 1. The Morgan fingerprint density at radius 2 is 1.81 bits per heavy atom. The number of aromatic amines is 2. The molecule has 0 aromatic carbocycles. The number of amides is 1. The number of H-pyrrole nitrogens is 2. The van der Waals surface area contributed by atoms with E-state index in [1.807, 2.05) is 12.1 Å². The van der Waals surface area contributed by atoms with Gasteiger partial charge in [0.25, 0.3) is 0 Å². The maximum Gasteiger partial charge on any atom is 0.226 e. The number of rotatable bonds is 5. The van der Waals surface area contributed by atoms with Crippen molar-refractivity contribution in [2.45, 2.75) is 13.8 Å². The van der Waals surface area contributed by atoms with Crippen molar-refractivity contribution in [1.82, 2.24) is 40.1 Å². The lowest BCUT2D eigenvalue weighted by molar-refractivity contribution is -0.118. The van der Waals surface area contributed by atoms with E-state index in [9.17, 15) is 4.79 Å². The number of carbonyl (C=O) groups excluding carboxylic acids is 1. The van der Waals surface area contributed by atoms with Gasteiger partial charge in [0.15, 0.2) is 11.6 Å². The summed E-state index contributed by atoms with van der Waals surface area (Å²) in [6.07, 6.45) is 9.59. The van der Waals surface area contributed by atoms with Crippen molar-refractivity contribution >= 4 is 33.5 Å². The molecule has 11 heteroatoms.